The molecule has 96 valence electrons. The van der Waals surface area contributed by atoms with Gasteiger partial charge in [0.2, 0.25) is 0 Å². The van der Waals surface area contributed by atoms with E-state index in [2.05, 4.69) is 41.4 Å². The smallest absolute Gasteiger partial charge is 0.191 e. The molecule has 4 nitrogen and oxygen atoms in total. The van der Waals surface area contributed by atoms with E-state index in [1.165, 1.54) is 0 Å². The topological polar surface area (TPSA) is 49.8 Å². The quantitative estimate of drug-likeness (QED) is 0.578. The molecule has 0 aliphatic carbocycles. The van der Waals surface area contributed by atoms with Crippen molar-refractivity contribution in [1.29, 1.82) is 0 Å². The van der Waals surface area contributed by atoms with Crippen LogP contribution in [0.25, 0.3) is 0 Å². The van der Waals surface area contributed by atoms with Crippen molar-refractivity contribution in [3.63, 3.8) is 0 Å². The van der Waals surface area contributed by atoms with Gasteiger partial charge in [0.1, 0.15) is 11.6 Å². The fourth-order valence-corrected chi connectivity index (χ4v) is 1.94. The van der Waals surface area contributed by atoms with Gasteiger partial charge in [-0.1, -0.05) is 25.6 Å². The molecular weight excluding hydrogens is 232 g/mol. The molecule has 5 heteroatoms. The van der Waals surface area contributed by atoms with Crippen molar-refractivity contribution in [2.24, 2.45) is 0 Å². The second-order valence-electron chi connectivity index (χ2n) is 3.81. The Morgan fingerprint density at radius 1 is 1.18 bits per heavy atom. The summed E-state index contributed by atoms with van der Waals surface area (Å²) >= 11 is 1.56. The number of rotatable bonds is 7. The van der Waals surface area contributed by atoms with Crippen LogP contribution in [0.5, 0.6) is 0 Å². The van der Waals surface area contributed by atoms with E-state index in [4.69, 9.17) is 0 Å². The molecule has 0 spiro atoms. The molecule has 0 unspecified atom stereocenters. The maximum atomic E-state index is 4.47. The molecule has 0 saturated heterocycles. The van der Waals surface area contributed by atoms with Gasteiger partial charge in [-0.3, -0.25) is 0 Å². The minimum absolute atomic E-state index is 0.481. The van der Waals surface area contributed by atoms with E-state index in [1.807, 2.05) is 12.3 Å². The van der Waals surface area contributed by atoms with E-state index in [0.29, 0.717) is 6.04 Å². The highest BCUT2D eigenvalue weighted by molar-refractivity contribution is 7.98. The van der Waals surface area contributed by atoms with E-state index in [9.17, 15) is 0 Å². The summed E-state index contributed by atoms with van der Waals surface area (Å²) in [5, 5.41) is 7.48. The molecule has 0 aromatic carbocycles. The number of nitrogens with one attached hydrogen (secondary N) is 2. The number of nitrogens with zero attached hydrogens (tertiary/aromatic N) is 2. The summed E-state index contributed by atoms with van der Waals surface area (Å²) in [6.07, 6.45) is 4.20. The van der Waals surface area contributed by atoms with Gasteiger partial charge in [0.25, 0.3) is 0 Å². The Labute approximate surface area is 108 Å². The number of thioether (sulfide) groups is 1. The summed E-state index contributed by atoms with van der Waals surface area (Å²) in [4.78, 5) is 8.87. The van der Waals surface area contributed by atoms with Crippen molar-refractivity contribution < 1.29 is 0 Å². The molecule has 0 amide bonds. The SMILES string of the molecule is CCNc1cc(NC(CC)CC)nc(SC)n1. The van der Waals surface area contributed by atoms with Crippen LogP contribution in [0.15, 0.2) is 11.2 Å². The maximum absolute atomic E-state index is 4.47. The number of hydrogen-bond donors (Lipinski definition) is 2. The first-order valence-corrected chi connectivity index (χ1v) is 7.39. The van der Waals surface area contributed by atoms with Crippen LogP contribution in [0.1, 0.15) is 33.6 Å². The summed E-state index contributed by atoms with van der Waals surface area (Å²) in [6, 6.07) is 2.45. The van der Waals surface area contributed by atoms with Gasteiger partial charge in [-0.15, -0.1) is 0 Å². The first-order valence-electron chi connectivity index (χ1n) is 6.16. The lowest BCUT2D eigenvalue weighted by Crippen LogP contribution is -2.18. The normalized spacial score (nSPS) is 10.6. The molecule has 0 saturated carbocycles. The van der Waals surface area contributed by atoms with Crippen molar-refractivity contribution in [1.82, 2.24) is 9.97 Å². The Balaban J connectivity index is 2.85. The third kappa shape index (κ3) is 4.42. The molecule has 0 radical (unpaired) electrons. The molecule has 2 N–H and O–H groups in total. The number of aromatic nitrogens is 2. The van der Waals surface area contributed by atoms with Crippen LogP contribution in [-0.2, 0) is 0 Å². The van der Waals surface area contributed by atoms with Gasteiger partial charge in [-0.05, 0) is 26.0 Å². The van der Waals surface area contributed by atoms with Crippen LogP contribution in [-0.4, -0.2) is 28.8 Å². The molecule has 0 aliphatic rings. The predicted molar refractivity (Wildman–Crippen MR) is 76.0 cm³/mol. The summed E-state index contributed by atoms with van der Waals surface area (Å²) in [7, 11) is 0. The van der Waals surface area contributed by atoms with Crippen LogP contribution in [0.3, 0.4) is 0 Å². The Kier molecular flexibility index (Phi) is 6.11. The van der Waals surface area contributed by atoms with Crippen LogP contribution in [0.2, 0.25) is 0 Å². The standard InChI is InChI=1S/C12H22N4S/c1-5-9(6-2)14-11-8-10(13-7-3)15-12(16-11)17-4/h8-9H,5-7H2,1-4H3,(H2,13,14,15,16). The Morgan fingerprint density at radius 2 is 1.82 bits per heavy atom. The lowest BCUT2D eigenvalue weighted by Gasteiger charge is -2.16. The van der Waals surface area contributed by atoms with Crippen molar-refractivity contribution >= 4 is 23.4 Å². The molecule has 1 rings (SSSR count). The van der Waals surface area contributed by atoms with E-state index < -0.39 is 0 Å². The summed E-state index contributed by atoms with van der Waals surface area (Å²) in [5.74, 6) is 1.80. The molecule has 17 heavy (non-hydrogen) atoms. The average Bonchev–Trinajstić information content (AvgIpc) is 2.36. The highest BCUT2D eigenvalue weighted by Crippen LogP contribution is 2.18. The molecule has 0 aliphatic heterocycles. The fourth-order valence-electron chi connectivity index (χ4n) is 1.56. The zero-order valence-corrected chi connectivity index (χ0v) is 11.9. The van der Waals surface area contributed by atoms with E-state index in [0.717, 1.165) is 36.2 Å². The lowest BCUT2D eigenvalue weighted by atomic mass is 10.2. The summed E-state index contributed by atoms with van der Waals surface area (Å²) < 4.78 is 0. The summed E-state index contributed by atoms with van der Waals surface area (Å²) in [5.41, 5.74) is 0. The second kappa shape index (κ2) is 7.37. The first-order chi connectivity index (χ1) is 8.23. The van der Waals surface area contributed by atoms with Gasteiger partial charge in [-0.2, -0.15) is 0 Å². The van der Waals surface area contributed by atoms with Gasteiger partial charge in [0, 0.05) is 18.7 Å². The Morgan fingerprint density at radius 3 is 2.35 bits per heavy atom. The lowest BCUT2D eigenvalue weighted by molar-refractivity contribution is 0.666. The van der Waals surface area contributed by atoms with Gasteiger partial charge in [0.05, 0.1) is 0 Å². The predicted octanol–water partition coefficient (Wildman–Crippen LogP) is 3.23. The average molecular weight is 254 g/mol. The highest BCUT2D eigenvalue weighted by Gasteiger charge is 2.07. The second-order valence-corrected chi connectivity index (χ2v) is 4.59. The van der Waals surface area contributed by atoms with Gasteiger partial charge in [0.15, 0.2) is 5.16 Å². The van der Waals surface area contributed by atoms with Crippen molar-refractivity contribution in [2.75, 3.05) is 23.4 Å². The largest absolute Gasteiger partial charge is 0.370 e. The minimum atomic E-state index is 0.481. The van der Waals surface area contributed by atoms with Crippen LogP contribution in [0, 0.1) is 0 Å². The Bertz CT molecular complexity index is 339. The fraction of sp³-hybridized carbons (Fsp3) is 0.667. The molecule has 0 bridgehead atoms. The summed E-state index contributed by atoms with van der Waals surface area (Å²) in [6.45, 7) is 7.30. The zero-order chi connectivity index (χ0) is 12.7. The molecule has 0 atom stereocenters. The highest BCUT2D eigenvalue weighted by atomic mass is 32.2. The minimum Gasteiger partial charge on any atom is -0.370 e. The van der Waals surface area contributed by atoms with E-state index in [-0.39, 0.29) is 0 Å². The Hall–Kier alpha value is -0.970. The van der Waals surface area contributed by atoms with E-state index in [1.54, 1.807) is 11.8 Å². The zero-order valence-electron chi connectivity index (χ0n) is 11.1. The molecule has 0 fully saturated rings. The first kappa shape index (κ1) is 14.1. The molecule has 1 heterocycles. The third-order valence-corrected chi connectivity index (χ3v) is 3.13. The van der Waals surface area contributed by atoms with Crippen LogP contribution < -0.4 is 10.6 Å². The maximum Gasteiger partial charge on any atom is 0.191 e. The van der Waals surface area contributed by atoms with E-state index >= 15 is 0 Å². The monoisotopic (exact) mass is 254 g/mol. The van der Waals surface area contributed by atoms with Crippen molar-refractivity contribution in [2.45, 2.75) is 44.8 Å². The number of anilines is 2. The van der Waals surface area contributed by atoms with Crippen LogP contribution >= 0.6 is 11.8 Å². The van der Waals surface area contributed by atoms with Gasteiger partial charge < -0.3 is 10.6 Å². The van der Waals surface area contributed by atoms with Crippen LogP contribution in [0.4, 0.5) is 11.6 Å². The van der Waals surface area contributed by atoms with Gasteiger partial charge in [-0.25, -0.2) is 9.97 Å². The molecular formula is C12H22N4S. The van der Waals surface area contributed by atoms with Crippen molar-refractivity contribution in [3.05, 3.63) is 6.07 Å². The molecule has 1 aromatic heterocycles. The molecule has 1 aromatic rings. The van der Waals surface area contributed by atoms with Gasteiger partial charge >= 0.3 is 0 Å². The van der Waals surface area contributed by atoms with Crippen molar-refractivity contribution in [3.8, 4) is 0 Å². The third-order valence-electron chi connectivity index (χ3n) is 2.58. The number of hydrogen-bond acceptors (Lipinski definition) is 5.